The molecular formula is C23H32N2O3S. The van der Waals surface area contributed by atoms with Gasteiger partial charge < -0.3 is 5.11 Å². The Labute approximate surface area is 174 Å². The number of β-amino-alcohol motifs (C(OH)–C–C–N with tert-alkyl or cyclic N) is 1. The van der Waals surface area contributed by atoms with Crippen LogP contribution in [0.25, 0.3) is 10.8 Å². The molecule has 29 heavy (non-hydrogen) atoms. The molecule has 1 aliphatic carbocycles. The predicted octanol–water partition coefficient (Wildman–Crippen LogP) is 3.52. The lowest BCUT2D eigenvalue weighted by Gasteiger charge is -2.53. The fraction of sp³-hybridized carbons (Fsp3) is 0.565. The van der Waals surface area contributed by atoms with Gasteiger partial charge in [-0.1, -0.05) is 49.2 Å². The molecule has 1 heterocycles. The van der Waals surface area contributed by atoms with E-state index in [1.165, 1.54) is 32.1 Å². The number of nitrogens with one attached hydrogen (secondary N) is 1. The van der Waals surface area contributed by atoms with Crippen molar-refractivity contribution in [2.75, 3.05) is 19.6 Å². The number of likely N-dealkylation sites (tertiary alicyclic amines) is 1. The molecule has 0 radical (unpaired) electrons. The Bertz CT molecular complexity index is 954. The fourth-order valence-electron chi connectivity index (χ4n) is 5.38. The average Bonchev–Trinajstić information content (AvgIpc) is 2.72. The molecule has 2 aliphatic rings. The minimum absolute atomic E-state index is 0.0306. The van der Waals surface area contributed by atoms with E-state index in [2.05, 4.69) is 16.5 Å². The molecule has 0 spiro atoms. The SMILES string of the molecule is CC12CCCCC1CCCN2C[C@@H](O)CNS(=O)(=O)c1cccc2ccccc12. The first-order valence-corrected chi connectivity index (χ1v) is 12.3. The van der Waals surface area contributed by atoms with Crippen LogP contribution in [0.3, 0.4) is 0 Å². The molecule has 2 N–H and O–H groups in total. The Morgan fingerprint density at radius 1 is 1.14 bits per heavy atom. The third-order valence-corrected chi connectivity index (χ3v) is 8.53. The second kappa shape index (κ2) is 8.34. The molecule has 2 fully saturated rings. The van der Waals surface area contributed by atoms with Crippen molar-refractivity contribution in [3.05, 3.63) is 42.5 Å². The van der Waals surface area contributed by atoms with Crippen LogP contribution in [-0.2, 0) is 10.0 Å². The van der Waals surface area contributed by atoms with E-state index in [-0.39, 0.29) is 17.0 Å². The maximum atomic E-state index is 12.9. The van der Waals surface area contributed by atoms with Gasteiger partial charge in [-0.3, -0.25) is 4.90 Å². The number of aliphatic hydroxyl groups is 1. The number of benzene rings is 2. The maximum Gasteiger partial charge on any atom is 0.241 e. The van der Waals surface area contributed by atoms with Crippen LogP contribution in [0, 0.1) is 5.92 Å². The van der Waals surface area contributed by atoms with Crippen molar-refractivity contribution in [1.82, 2.24) is 9.62 Å². The minimum atomic E-state index is -3.69. The van der Waals surface area contributed by atoms with E-state index < -0.39 is 16.1 Å². The Kier molecular flexibility index (Phi) is 5.98. The number of piperidine rings is 1. The van der Waals surface area contributed by atoms with Crippen LogP contribution in [0.1, 0.15) is 45.4 Å². The molecule has 0 bridgehead atoms. The van der Waals surface area contributed by atoms with Crippen LogP contribution >= 0.6 is 0 Å². The van der Waals surface area contributed by atoms with Gasteiger partial charge in [0.2, 0.25) is 10.0 Å². The highest BCUT2D eigenvalue weighted by molar-refractivity contribution is 7.89. The van der Waals surface area contributed by atoms with Gasteiger partial charge in [0.1, 0.15) is 0 Å². The van der Waals surface area contributed by atoms with Gasteiger partial charge in [0, 0.05) is 24.0 Å². The van der Waals surface area contributed by atoms with Gasteiger partial charge in [0.05, 0.1) is 11.0 Å². The van der Waals surface area contributed by atoms with Crippen LogP contribution in [0.5, 0.6) is 0 Å². The van der Waals surface area contributed by atoms with Crippen LogP contribution in [0.2, 0.25) is 0 Å². The lowest BCUT2D eigenvalue weighted by atomic mass is 9.68. The maximum absolute atomic E-state index is 12.9. The number of aliphatic hydroxyl groups excluding tert-OH is 1. The molecule has 6 heteroatoms. The molecule has 1 saturated carbocycles. The second-order valence-corrected chi connectivity index (χ2v) is 10.6. The van der Waals surface area contributed by atoms with E-state index in [1.54, 1.807) is 12.1 Å². The van der Waals surface area contributed by atoms with Gasteiger partial charge in [-0.25, -0.2) is 13.1 Å². The molecule has 2 unspecified atom stereocenters. The number of rotatable bonds is 6. The number of sulfonamides is 1. The normalized spacial score (nSPS) is 26.9. The zero-order valence-corrected chi connectivity index (χ0v) is 18.0. The lowest BCUT2D eigenvalue weighted by Crippen LogP contribution is -2.59. The van der Waals surface area contributed by atoms with E-state index in [1.807, 2.05) is 30.3 Å². The Hall–Kier alpha value is -1.47. The molecule has 2 aromatic rings. The summed E-state index contributed by atoms with van der Waals surface area (Å²) in [5.41, 5.74) is 0.145. The molecule has 0 amide bonds. The van der Waals surface area contributed by atoms with Crippen molar-refractivity contribution in [3.63, 3.8) is 0 Å². The van der Waals surface area contributed by atoms with Crippen LogP contribution in [0.4, 0.5) is 0 Å². The highest BCUT2D eigenvalue weighted by Gasteiger charge is 2.43. The van der Waals surface area contributed by atoms with Gasteiger partial charge in [-0.15, -0.1) is 0 Å². The van der Waals surface area contributed by atoms with Crippen LogP contribution < -0.4 is 4.72 Å². The standard InChI is InChI=1S/C23H32N2O3S/c1-23-14-5-4-10-19(23)11-7-15-25(23)17-20(26)16-24-29(27,28)22-13-6-9-18-8-2-3-12-21(18)22/h2-3,6,8-9,12-13,19-20,24,26H,4-5,7,10-11,14-17H2,1H3/t19?,20-,23?/m0/s1. The first kappa shape index (κ1) is 20.8. The number of fused-ring (bicyclic) bond motifs is 2. The first-order chi connectivity index (χ1) is 13.9. The molecule has 0 aromatic heterocycles. The minimum Gasteiger partial charge on any atom is -0.390 e. The summed E-state index contributed by atoms with van der Waals surface area (Å²) in [5.74, 6) is 0.699. The summed E-state index contributed by atoms with van der Waals surface area (Å²) < 4.78 is 28.4. The van der Waals surface area contributed by atoms with Crippen molar-refractivity contribution >= 4 is 20.8 Å². The van der Waals surface area contributed by atoms with Crippen molar-refractivity contribution in [3.8, 4) is 0 Å². The molecule has 158 valence electrons. The number of nitrogens with zero attached hydrogens (tertiary/aromatic N) is 1. The van der Waals surface area contributed by atoms with E-state index in [9.17, 15) is 13.5 Å². The summed E-state index contributed by atoms with van der Waals surface area (Å²) in [6, 6.07) is 12.7. The molecule has 4 rings (SSSR count). The van der Waals surface area contributed by atoms with Gasteiger partial charge in [0.15, 0.2) is 0 Å². The van der Waals surface area contributed by atoms with Gasteiger partial charge in [-0.2, -0.15) is 0 Å². The quantitative estimate of drug-likeness (QED) is 0.756. The van der Waals surface area contributed by atoms with Crippen molar-refractivity contribution in [1.29, 1.82) is 0 Å². The third kappa shape index (κ3) is 4.22. The van der Waals surface area contributed by atoms with E-state index in [0.29, 0.717) is 17.8 Å². The van der Waals surface area contributed by atoms with Crippen LogP contribution in [0.15, 0.2) is 47.4 Å². The van der Waals surface area contributed by atoms with Crippen molar-refractivity contribution in [2.24, 2.45) is 5.92 Å². The van der Waals surface area contributed by atoms with Gasteiger partial charge >= 0.3 is 0 Å². The summed E-state index contributed by atoms with van der Waals surface area (Å²) in [4.78, 5) is 2.68. The van der Waals surface area contributed by atoms with E-state index in [4.69, 9.17) is 0 Å². The zero-order chi connectivity index (χ0) is 20.5. The Morgan fingerprint density at radius 2 is 1.90 bits per heavy atom. The van der Waals surface area contributed by atoms with Gasteiger partial charge in [0.25, 0.3) is 0 Å². The van der Waals surface area contributed by atoms with Crippen LogP contribution in [-0.4, -0.2) is 49.7 Å². The molecule has 2 aromatic carbocycles. The van der Waals surface area contributed by atoms with E-state index >= 15 is 0 Å². The fourth-order valence-corrected chi connectivity index (χ4v) is 6.68. The molecule has 3 atom stereocenters. The second-order valence-electron chi connectivity index (χ2n) is 8.87. The van der Waals surface area contributed by atoms with Crippen molar-refractivity contribution in [2.45, 2.75) is 62.0 Å². The predicted molar refractivity (Wildman–Crippen MR) is 116 cm³/mol. The molecule has 1 saturated heterocycles. The number of hydrogen-bond donors (Lipinski definition) is 2. The average molecular weight is 417 g/mol. The summed E-state index contributed by atoms with van der Waals surface area (Å²) in [5, 5.41) is 12.3. The Balaban J connectivity index is 1.43. The highest BCUT2D eigenvalue weighted by atomic mass is 32.2. The first-order valence-electron chi connectivity index (χ1n) is 10.8. The molecule has 1 aliphatic heterocycles. The number of hydrogen-bond acceptors (Lipinski definition) is 4. The Morgan fingerprint density at radius 3 is 2.76 bits per heavy atom. The smallest absolute Gasteiger partial charge is 0.241 e. The highest BCUT2D eigenvalue weighted by Crippen LogP contribution is 2.43. The summed E-state index contributed by atoms with van der Waals surface area (Å²) in [7, 11) is -3.69. The summed E-state index contributed by atoms with van der Waals surface area (Å²) in [6.07, 6.45) is 6.71. The third-order valence-electron chi connectivity index (χ3n) is 7.05. The molecule has 5 nitrogen and oxygen atoms in total. The van der Waals surface area contributed by atoms with Crippen molar-refractivity contribution < 1.29 is 13.5 Å². The van der Waals surface area contributed by atoms with Gasteiger partial charge in [-0.05, 0) is 56.5 Å². The zero-order valence-electron chi connectivity index (χ0n) is 17.2. The topological polar surface area (TPSA) is 69.6 Å². The monoisotopic (exact) mass is 416 g/mol. The lowest BCUT2D eigenvalue weighted by molar-refractivity contribution is -0.0428. The largest absolute Gasteiger partial charge is 0.390 e. The molecular weight excluding hydrogens is 384 g/mol. The van der Waals surface area contributed by atoms with E-state index in [0.717, 1.165) is 18.4 Å². The summed E-state index contributed by atoms with van der Waals surface area (Å²) >= 11 is 0. The summed E-state index contributed by atoms with van der Waals surface area (Å²) in [6.45, 7) is 3.87.